The second kappa shape index (κ2) is 6.32. The number of hydrogen-bond donors (Lipinski definition) is 2. The number of nitrogens with one attached hydrogen (secondary N) is 2. The number of rotatable bonds is 2. The normalized spacial score (nSPS) is 17.8. The number of aromatic amines is 1. The minimum absolute atomic E-state index is 0.0922. The number of halogens is 2. The molecule has 0 aliphatic carbocycles. The van der Waals surface area contributed by atoms with E-state index in [9.17, 15) is 14.4 Å². The van der Waals surface area contributed by atoms with Crippen molar-refractivity contribution in [1.29, 1.82) is 5.26 Å². The molecule has 0 aromatic carbocycles. The maximum atomic E-state index is 13.3. The van der Waals surface area contributed by atoms with E-state index >= 15 is 0 Å². The molecule has 1 aliphatic heterocycles. The first-order valence-electron chi connectivity index (χ1n) is 6.89. The van der Waals surface area contributed by atoms with Gasteiger partial charge in [0.1, 0.15) is 16.9 Å². The molecule has 2 aromatic heterocycles. The van der Waals surface area contributed by atoms with Crippen molar-refractivity contribution in [2.45, 2.75) is 6.04 Å². The van der Waals surface area contributed by atoms with Gasteiger partial charge in [0.15, 0.2) is 5.82 Å². The van der Waals surface area contributed by atoms with Gasteiger partial charge in [-0.05, 0) is 6.07 Å². The fourth-order valence-electron chi connectivity index (χ4n) is 2.40. The van der Waals surface area contributed by atoms with Crippen LogP contribution < -0.4 is 15.8 Å². The van der Waals surface area contributed by atoms with Crippen LogP contribution in [0.1, 0.15) is 0 Å². The second-order valence-electron chi connectivity index (χ2n) is 4.96. The Kier molecular flexibility index (Phi) is 4.23. The van der Waals surface area contributed by atoms with Gasteiger partial charge in [0.25, 0.3) is 5.56 Å². The van der Waals surface area contributed by atoms with E-state index < -0.39 is 17.5 Å². The molecule has 2 aromatic rings. The van der Waals surface area contributed by atoms with Gasteiger partial charge in [0.05, 0.1) is 6.07 Å². The van der Waals surface area contributed by atoms with Gasteiger partial charge >= 0.3 is 0 Å². The van der Waals surface area contributed by atoms with Gasteiger partial charge in [-0.25, -0.2) is 9.97 Å². The third kappa shape index (κ3) is 3.02. The molecular weight excluding hydrogens is 323 g/mol. The van der Waals surface area contributed by atoms with Gasteiger partial charge in [-0.2, -0.15) is 9.65 Å². The van der Waals surface area contributed by atoms with E-state index in [1.165, 1.54) is 12.3 Å². The highest BCUT2D eigenvalue weighted by atomic mass is 35.5. The van der Waals surface area contributed by atoms with Crippen LogP contribution in [0, 0.1) is 17.3 Å². The van der Waals surface area contributed by atoms with Gasteiger partial charge in [0.2, 0.25) is 5.95 Å². The minimum atomic E-state index is -0.682. The van der Waals surface area contributed by atoms with E-state index in [0.717, 1.165) is 6.07 Å². The van der Waals surface area contributed by atoms with Crippen LogP contribution in [0.15, 0.2) is 23.1 Å². The molecule has 1 atom stereocenters. The summed E-state index contributed by atoms with van der Waals surface area (Å²) in [6.07, 6.45) is 1.28. The topological polar surface area (TPSA) is 97.7 Å². The van der Waals surface area contributed by atoms with E-state index in [0.29, 0.717) is 25.2 Å². The zero-order valence-corrected chi connectivity index (χ0v) is 12.6. The Hall–Kier alpha value is -2.50. The lowest BCUT2D eigenvalue weighted by atomic mass is 10.2. The van der Waals surface area contributed by atoms with Crippen molar-refractivity contribution < 1.29 is 4.39 Å². The van der Waals surface area contributed by atoms with E-state index in [4.69, 9.17) is 11.6 Å². The first-order valence-corrected chi connectivity index (χ1v) is 7.26. The van der Waals surface area contributed by atoms with Crippen molar-refractivity contribution in [2.24, 2.45) is 0 Å². The second-order valence-corrected chi connectivity index (χ2v) is 5.34. The lowest BCUT2D eigenvalue weighted by Crippen LogP contribution is -2.51. The monoisotopic (exact) mass is 334 g/mol. The number of nitrogens with zero attached hydrogens (tertiary/aromatic N) is 4. The molecule has 2 N–H and O–H groups in total. The van der Waals surface area contributed by atoms with Crippen LogP contribution in [0.4, 0.5) is 10.2 Å². The molecule has 3 rings (SSSR count). The zero-order valence-electron chi connectivity index (χ0n) is 11.9. The third-order valence-electron chi connectivity index (χ3n) is 3.51. The Morgan fingerprint density at radius 1 is 1.52 bits per heavy atom. The van der Waals surface area contributed by atoms with E-state index in [1.807, 2.05) is 0 Å². The van der Waals surface area contributed by atoms with Gasteiger partial charge in [-0.15, -0.1) is 0 Å². The molecule has 0 bridgehead atoms. The number of anilines is 1. The molecule has 1 saturated heterocycles. The van der Waals surface area contributed by atoms with E-state index in [2.05, 4.69) is 26.3 Å². The predicted molar refractivity (Wildman–Crippen MR) is 82.7 cm³/mol. The van der Waals surface area contributed by atoms with E-state index in [1.54, 1.807) is 4.90 Å². The van der Waals surface area contributed by atoms with E-state index in [-0.39, 0.29) is 16.7 Å². The summed E-state index contributed by atoms with van der Waals surface area (Å²) in [5.41, 5.74) is -0.171. The third-order valence-corrected chi connectivity index (χ3v) is 3.85. The molecular formula is C14H12ClFN6O. The van der Waals surface area contributed by atoms with Crippen LogP contribution in [0.2, 0.25) is 5.02 Å². The number of hydrogen-bond acceptors (Lipinski definition) is 6. The molecule has 0 amide bonds. The molecule has 3 heterocycles. The minimum Gasteiger partial charge on any atom is -0.337 e. The summed E-state index contributed by atoms with van der Waals surface area (Å²) in [5, 5.41) is 12.3. The lowest BCUT2D eigenvalue weighted by molar-refractivity contribution is 0.531. The number of aromatic nitrogens is 3. The average molecular weight is 335 g/mol. The van der Waals surface area contributed by atoms with Gasteiger partial charge in [0, 0.05) is 37.5 Å². The highest BCUT2D eigenvalue weighted by molar-refractivity contribution is 6.32. The number of pyridine rings is 1. The summed E-state index contributed by atoms with van der Waals surface area (Å²) in [6.45, 7) is 1.57. The summed E-state index contributed by atoms with van der Waals surface area (Å²) in [6, 6.07) is 4.35. The Balaban J connectivity index is 2.10. The van der Waals surface area contributed by atoms with Crippen LogP contribution in [0.3, 0.4) is 0 Å². The Morgan fingerprint density at radius 2 is 2.35 bits per heavy atom. The van der Waals surface area contributed by atoms with Gasteiger partial charge in [-0.1, -0.05) is 11.6 Å². The van der Waals surface area contributed by atoms with Gasteiger partial charge < -0.3 is 15.2 Å². The van der Waals surface area contributed by atoms with Crippen molar-refractivity contribution >= 4 is 17.4 Å². The Bertz CT molecular complexity index is 833. The molecule has 23 heavy (non-hydrogen) atoms. The first-order chi connectivity index (χ1) is 11.1. The largest absolute Gasteiger partial charge is 0.337 e. The smallest absolute Gasteiger partial charge is 0.272 e. The first kappa shape index (κ1) is 15.4. The molecule has 0 saturated carbocycles. The molecule has 1 aliphatic rings. The fraction of sp³-hybridized carbons (Fsp3) is 0.286. The Morgan fingerprint density at radius 3 is 3.09 bits per heavy atom. The SMILES string of the molecule is N#CC1CNCCN1c1nc(-c2ccnc(F)c2)[nH]c(=O)c1Cl. The van der Waals surface area contributed by atoms with Crippen molar-refractivity contribution in [3.63, 3.8) is 0 Å². The van der Waals surface area contributed by atoms with Crippen LogP contribution in [0.5, 0.6) is 0 Å². The van der Waals surface area contributed by atoms with Crippen molar-refractivity contribution in [2.75, 3.05) is 24.5 Å². The van der Waals surface area contributed by atoms with Crippen molar-refractivity contribution in [3.8, 4) is 17.5 Å². The molecule has 7 nitrogen and oxygen atoms in total. The van der Waals surface area contributed by atoms with Crippen LogP contribution in [0.25, 0.3) is 11.4 Å². The zero-order chi connectivity index (χ0) is 16.4. The number of piperazine rings is 1. The molecule has 0 radical (unpaired) electrons. The van der Waals surface area contributed by atoms with Gasteiger partial charge in [-0.3, -0.25) is 4.79 Å². The Labute approximate surface area is 135 Å². The lowest BCUT2D eigenvalue weighted by Gasteiger charge is -2.33. The van der Waals surface area contributed by atoms with Crippen LogP contribution in [-0.2, 0) is 0 Å². The standard InChI is InChI=1S/C14H12ClFN6O/c15-11-13(22-4-3-18-7-9(22)6-17)20-12(21-14(11)23)8-1-2-19-10(16)5-8/h1-2,5,9,18H,3-4,7H2,(H,20,21,23). The molecule has 118 valence electrons. The number of H-pyrrole nitrogens is 1. The molecule has 1 unspecified atom stereocenters. The summed E-state index contributed by atoms with van der Waals surface area (Å²) in [7, 11) is 0. The van der Waals surface area contributed by atoms with Crippen LogP contribution >= 0.6 is 11.6 Å². The van der Waals surface area contributed by atoms with Crippen LogP contribution in [-0.4, -0.2) is 40.6 Å². The molecule has 9 heteroatoms. The van der Waals surface area contributed by atoms with Crippen molar-refractivity contribution in [1.82, 2.24) is 20.3 Å². The fourth-order valence-corrected chi connectivity index (χ4v) is 2.59. The maximum absolute atomic E-state index is 13.3. The summed E-state index contributed by atoms with van der Waals surface area (Å²) in [4.78, 5) is 24.1. The molecule has 1 fully saturated rings. The highest BCUT2D eigenvalue weighted by Crippen LogP contribution is 2.25. The highest BCUT2D eigenvalue weighted by Gasteiger charge is 2.26. The summed E-state index contributed by atoms with van der Waals surface area (Å²) in [5.74, 6) is -0.291. The molecule has 0 spiro atoms. The summed E-state index contributed by atoms with van der Waals surface area (Å²) < 4.78 is 13.3. The quantitative estimate of drug-likeness (QED) is 0.793. The maximum Gasteiger partial charge on any atom is 0.272 e. The summed E-state index contributed by atoms with van der Waals surface area (Å²) >= 11 is 6.08. The predicted octanol–water partition coefficient (Wildman–Crippen LogP) is 0.926. The number of nitriles is 1. The van der Waals surface area contributed by atoms with Crippen molar-refractivity contribution in [3.05, 3.63) is 39.7 Å². The average Bonchev–Trinajstić information content (AvgIpc) is 2.57.